The third kappa shape index (κ3) is 4.22. The van der Waals surface area contributed by atoms with Crippen molar-refractivity contribution in [2.24, 2.45) is 5.41 Å². The molecular formula is C20H28N2O5S. The number of carbonyl (C=O) groups is 2. The summed E-state index contributed by atoms with van der Waals surface area (Å²) < 4.78 is 33.7. The van der Waals surface area contributed by atoms with Gasteiger partial charge in [-0.15, -0.1) is 0 Å². The Hall–Kier alpha value is -1.93. The van der Waals surface area contributed by atoms with Gasteiger partial charge in [0.25, 0.3) is 0 Å². The van der Waals surface area contributed by atoms with E-state index in [-0.39, 0.29) is 29.7 Å². The van der Waals surface area contributed by atoms with Gasteiger partial charge < -0.3 is 9.64 Å². The molecule has 1 amide bonds. The highest BCUT2D eigenvalue weighted by atomic mass is 32.2. The van der Waals surface area contributed by atoms with Gasteiger partial charge in [0.2, 0.25) is 15.9 Å². The van der Waals surface area contributed by atoms with E-state index in [1.165, 1.54) is 17.3 Å². The molecule has 1 spiro atoms. The van der Waals surface area contributed by atoms with E-state index < -0.39 is 15.4 Å². The number of ether oxygens (including phenoxy) is 1. The van der Waals surface area contributed by atoms with Gasteiger partial charge in [0, 0.05) is 31.5 Å². The normalized spacial score (nSPS) is 21.3. The highest BCUT2D eigenvalue weighted by Gasteiger charge is 2.43. The smallest absolute Gasteiger partial charge is 0.247 e. The average Bonchev–Trinajstić information content (AvgIpc) is 2.66. The van der Waals surface area contributed by atoms with Crippen molar-refractivity contribution in [2.75, 3.05) is 32.8 Å². The van der Waals surface area contributed by atoms with E-state index in [1.807, 2.05) is 11.8 Å². The Morgan fingerprint density at radius 1 is 1.18 bits per heavy atom. The number of amides is 1. The van der Waals surface area contributed by atoms with Crippen molar-refractivity contribution in [1.82, 2.24) is 9.21 Å². The van der Waals surface area contributed by atoms with Crippen LogP contribution in [-0.2, 0) is 19.6 Å². The molecule has 3 rings (SSSR count). The maximum absolute atomic E-state index is 13.2. The van der Waals surface area contributed by atoms with Crippen LogP contribution in [-0.4, -0.2) is 62.1 Å². The van der Waals surface area contributed by atoms with Gasteiger partial charge >= 0.3 is 0 Å². The van der Waals surface area contributed by atoms with Crippen LogP contribution in [0.1, 0.15) is 39.5 Å². The van der Waals surface area contributed by atoms with Gasteiger partial charge in [0.15, 0.2) is 0 Å². The van der Waals surface area contributed by atoms with E-state index >= 15 is 0 Å². The maximum Gasteiger partial charge on any atom is 0.247 e. The third-order valence-electron chi connectivity index (χ3n) is 5.55. The molecule has 1 saturated heterocycles. The Morgan fingerprint density at radius 2 is 1.86 bits per heavy atom. The summed E-state index contributed by atoms with van der Waals surface area (Å²) in [6.45, 7) is 4.97. The second-order valence-corrected chi connectivity index (χ2v) is 9.75. The Bertz CT molecular complexity index is 844. The van der Waals surface area contributed by atoms with Crippen LogP contribution in [0, 0.1) is 5.41 Å². The lowest BCUT2D eigenvalue weighted by molar-refractivity contribution is -0.134. The number of hydrogen-bond acceptors (Lipinski definition) is 5. The lowest BCUT2D eigenvalue weighted by atomic mass is 9.78. The Labute approximate surface area is 166 Å². The van der Waals surface area contributed by atoms with E-state index in [4.69, 9.17) is 4.74 Å². The summed E-state index contributed by atoms with van der Waals surface area (Å²) in [5, 5.41) is 0. The van der Waals surface area contributed by atoms with Crippen molar-refractivity contribution in [3.63, 3.8) is 0 Å². The molecule has 154 valence electrons. The molecule has 0 radical (unpaired) electrons. The van der Waals surface area contributed by atoms with Gasteiger partial charge in [-0.25, -0.2) is 8.42 Å². The molecule has 2 heterocycles. The highest BCUT2D eigenvalue weighted by Crippen LogP contribution is 2.39. The van der Waals surface area contributed by atoms with Crippen molar-refractivity contribution in [3.05, 3.63) is 24.3 Å². The van der Waals surface area contributed by atoms with Gasteiger partial charge in [-0.05, 0) is 38.3 Å². The van der Waals surface area contributed by atoms with Crippen LogP contribution in [0.5, 0.6) is 5.75 Å². The zero-order valence-corrected chi connectivity index (χ0v) is 17.3. The van der Waals surface area contributed by atoms with E-state index in [2.05, 4.69) is 0 Å². The molecule has 2 aliphatic heterocycles. The Balaban J connectivity index is 1.90. The summed E-state index contributed by atoms with van der Waals surface area (Å²) in [7, 11) is -3.84. The molecule has 1 aromatic rings. The first kappa shape index (κ1) is 20.8. The number of fused-ring (bicyclic) bond motifs is 1. The molecule has 0 atom stereocenters. The number of para-hydroxylation sites is 1. The molecule has 2 aliphatic rings. The van der Waals surface area contributed by atoms with Crippen LogP contribution < -0.4 is 4.74 Å². The topological polar surface area (TPSA) is 84.0 Å². The molecule has 28 heavy (non-hydrogen) atoms. The first-order valence-corrected chi connectivity index (χ1v) is 11.2. The molecular weight excluding hydrogens is 380 g/mol. The standard InChI is InChI=1S/C20H28N2O5S/c1-3-6-19(24)21-11-9-20(10-12-21)14-22(13-16(2)23)28(25,26)18-8-5-4-7-17(18)27-15-20/h4-5,7-8H,3,6,9-15H2,1-2H3. The minimum atomic E-state index is -3.84. The fraction of sp³-hybridized carbons (Fsp3) is 0.600. The van der Waals surface area contributed by atoms with Crippen molar-refractivity contribution in [1.29, 1.82) is 0 Å². The fourth-order valence-electron chi connectivity index (χ4n) is 3.95. The lowest BCUT2D eigenvalue weighted by Gasteiger charge is -2.44. The quantitative estimate of drug-likeness (QED) is 0.762. The van der Waals surface area contributed by atoms with Crippen LogP contribution in [0.15, 0.2) is 29.2 Å². The third-order valence-corrected chi connectivity index (χ3v) is 7.38. The van der Waals surface area contributed by atoms with E-state index in [0.717, 1.165) is 6.42 Å². The zero-order valence-electron chi connectivity index (χ0n) is 16.5. The number of benzene rings is 1. The molecule has 8 heteroatoms. The fourth-order valence-corrected chi connectivity index (χ4v) is 5.66. The Kier molecular flexibility index (Phi) is 6.09. The molecule has 7 nitrogen and oxygen atoms in total. The van der Waals surface area contributed by atoms with Gasteiger partial charge in [0.05, 0.1) is 13.2 Å². The molecule has 0 saturated carbocycles. The van der Waals surface area contributed by atoms with Crippen LogP contribution in [0.25, 0.3) is 0 Å². The molecule has 0 bridgehead atoms. The lowest BCUT2D eigenvalue weighted by Crippen LogP contribution is -2.53. The summed E-state index contributed by atoms with van der Waals surface area (Å²) in [4.78, 5) is 26.0. The number of rotatable bonds is 4. The number of ketones is 1. The molecule has 1 fully saturated rings. The number of sulfonamides is 1. The van der Waals surface area contributed by atoms with E-state index in [0.29, 0.717) is 44.7 Å². The minimum Gasteiger partial charge on any atom is -0.492 e. The number of Topliss-reactive ketones (excluding diaryl/α,β-unsaturated/α-hetero) is 1. The molecule has 1 aromatic carbocycles. The number of likely N-dealkylation sites (tertiary alicyclic amines) is 1. The zero-order chi connectivity index (χ0) is 20.4. The van der Waals surface area contributed by atoms with Gasteiger partial charge in [-0.1, -0.05) is 19.1 Å². The van der Waals surface area contributed by atoms with Crippen LogP contribution >= 0.6 is 0 Å². The predicted octanol–water partition coefficient (Wildman–Crippen LogP) is 2.07. The molecule has 0 unspecified atom stereocenters. The van der Waals surface area contributed by atoms with Crippen LogP contribution in [0.3, 0.4) is 0 Å². The highest BCUT2D eigenvalue weighted by molar-refractivity contribution is 7.89. The van der Waals surface area contributed by atoms with Crippen molar-refractivity contribution in [2.45, 2.75) is 44.4 Å². The first-order valence-electron chi connectivity index (χ1n) is 9.77. The molecule has 0 aromatic heterocycles. The molecule has 0 N–H and O–H groups in total. The number of hydrogen-bond donors (Lipinski definition) is 0. The summed E-state index contributed by atoms with van der Waals surface area (Å²) >= 11 is 0. The van der Waals surface area contributed by atoms with Gasteiger partial charge in [-0.3, -0.25) is 9.59 Å². The second kappa shape index (κ2) is 8.21. The van der Waals surface area contributed by atoms with Gasteiger partial charge in [-0.2, -0.15) is 4.31 Å². The number of nitrogens with zero attached hydrogens (tertiary/aromatic N) is 2. The predicted molar refractivity (Wildman–Crippen MR) is 105 cm³/mol. The molecule has 0 aliphatic carbocycles. The number of carbonyl (C=O) groups excluding carboxylic acids is 2. The average molecular weight is 409 g/mol. The van der Waals surface area contributed by atoms with E-state index in [9.17, 15) is 18.0 Å². The monoisotopic (exact) mass is 408 g/mol. The van der Waals surface area contributed by atoms with Crippen LogP contribution in [0.4, 0.5) is 0 Å². The maximum atomic E-state index is 13.2. The summed E-state index contributed by atoms with van der Waals surface area (Å²) in [6, 6.07) is 6.56. The summed E-state index contributed by atoms with van der Waals surface area (Å²) in [5.74, 6) is 0.260. The second-order valence-electron chi connectivity index (χ2n) is 7.84. The first-order chi connectivity index (χ1) is 13.3. The summed E-state index contributed by atoms with van der Waals surface area (Å²) in [5.41, 5.74) is -0.418. The van der Waals surface area contributed by atoms with Crippen LogP contribution in [0.2, 0.25) is 0 Å². The minimum absolute atomic E-state index is 0.0988. The van der Waals surface area contributed by atoms with Crippen molar-refractivity contribution in [3.8, 4) is 5.75 Å². The Morgan fingerprint density at radius 3 is 2.50 bits per heavy atom. The van der Waals surface area contributed by atoms with Crippen molar-refractivity contribution < 1.29 is 22.7 Å². The number of piperidine rings is 1. The van der Waals surface area contributed by atoms with Gasteiger partial charge in [0.1, 0.15) is 16.4 Å². The van der Waals surface area contributed by atoms with E-state index in [1.54, 1.807) is 18.2 Å². The summed E-state index contributed by atoms with van der Waals surface area (Å²) in [6.07, 6.45) is 2.63. The largest absolute Gasteiger partial charge is 0.492 e. The van der Waals surface area contributed by atoms with Crippen molar-refractivity contribution >= 4 is 21.7 Å². The SMILES string of the molecule is CCCC(=O)N1CCC2(CC1)COc1ccccc1S(=O)(=O)N(CC(C)=O)C2.